The summed E-state index contributed by atoms with van der Waals surface area (Å²) < 4.78 is 0. The lowest BCUT2D eigenvalue weighted by atomic mass is 10.0. The van der Waals surface area contributed by atoms with Gasteiger partial charge in [0.2, 0.25) is 5.91 Å². The van der Waals surface area contributed by atoms with Gasteiger partial charge in [0.1, 0.15) is 18.2 Å². The van der Waals surface area contributed by atoms with Crippen LogP contribution in [0.15, 0.2) is 12.1 Å². The van der Waals surface area contributed by atoms with Gasteiger partial charge in [-0.25, -0.2) is 4.98 Å². The molecule has 0 saturated carbocycles. The van der Waals surface area contributed by atoms with Gasteiger partial charge in [-0.3, -0.25) is 9.78 Å². The molecule has 0 unspecified atom stereocenters. The Labute approximate surface area is 85.8 Å². The maximum Gasteiger partial charge on any atom is 0.223 e. The molecule has 2 aromatic rings. The number of carbonyl (C=O) groups is 1. The van der Waals surface area contributed by atoms with Crippen LogP contribution < -0.4 is 10.9 Å². The highest BCUT2D eigenvalue weighted by atomic mass is 32.1. The number of pyridine rings is 1. The fourth-order valence-corrected chi connectivity index (χ4v) is 1.93. The number of anilines is 1. The first-order chi connectivity index (χ1) is 6.65. The number of amides is 1. The van der Waals surface area contributed by atoms with E-state index < -0.39 is 0 Å². The standard InChI is InChI=1S/C8H6BN3OS/c1-4(13)10-8-11-5-2-3-6(9)12-7(5)14-8/h2-3H,1H3,(H,10,11,13). The minimum atomic E-state index is -0.142. The van der Waals surface area contributed by atoms with Crippen molar-refractivity contribution >= 4 is 46.2 Å². The third-order valence-electron chi connectivity index (χ3n) is 1.56. The van der Waals surface area contributed by atoms with Crippen LogP contribution in [-0.4, -0.2) is 23.7 Å². The van der Waals surface area contributed by atoms with Crippen molar-refractivity contribution in [2.45, 2.75) is 6.92 Å². The first-order valence-corrected chi connectivity index (χ1v) is 4.77. The monoisotopic (exact) mass is 203 g/mol. The Morgan fingerprint density at radius 1 is 1.50 bits per heavy atom. The molecule has 2 heterocycles. The van der Waals surface area contributed by atoms with E-state index in [9.17, 15) is 4.79 Å². The molecule has 0 atom stereocenters. The quantitative estimate of drug-likeness (QED) is 0.684. The van der Waals surface area contributed by atoms with Gasteiger partial charge < -0.3 is 5.32 Å². The van der Waals surface area contributed by atoms with Crippen LogP contribution in [0.4, 0.5) is 5.13 Å². The number of aromatic nitrogens is 2. The van der Waals surface area contributed by atoms with E-state index in [2.05, 4.69) is 15.3 Å². The topological polar surface area (TPSA) is 54.9 Å². The molecule has 0 saturated heterocycles. The SMILES string of the molecule is [B]c1ccc2nc(NC(C)=O)sc2n1. The third-order valence-corrected chi connectivity index (χ3v) is 2.44. The number of carbonyl (C=O) groups excluding carboxylic acids is 1. The van der Waals surface area contributed by atoms with Crippen LogP contribution >= 0.6 is 11.3 Å². The van der Waals surface area contributed by atoms with Gasteiger partial charge >= 0.3 is 0 Å². The van der Waals surface area contributed by atoms with Crippen LogP contribution in [0.25, 0.3) is 10.3 Å². The van der Waals surface area contributed by atoms with Crippen molar-refractivity contribution in [3.05, 3.63) is 12.1 Å². The highest BCUT2D eigenvalue weighted by Gasteiger charge is 2.05. The summed E-state index contributed by atoms with van der Waals surface area (Å²) >= 11 is 1.31. The zero-order valence-corrected chi connectivity index (χ0v) is 8.26. The Morgan fingerprint density at radius 2 is 2.29 bits per heavy atom. The smallest absolute Gasteiger partial charge is 0.223 e. The van der Waals surface area contributed by atoms with Gasteiger partial charge in [-0.2, -0.15) is 0 Å². The number of hydrogen-bond acceptors (Lipinski definition) is 4. The predicted octanol–water partition coefficient (Wildman–Crippen LogP) is 0.443. The van der Waals surface area contributed by atoms with Gasteiger partial charge in [0, 0.05) is 6.92 Å². The summed E-state index contributed by atoms with van der Waals surface area (Å²) in [5.41, 5.74) is 1.20. The highest BCUT2D eigenvalue weighted by Crippen LogP contribution is 2.22. The average Bonchev–Trinajstić information content (AvgIpc) is 2.44. The lowest BCUT2D eigenvalue weighted by molar-refractivity contribution is -0.114. The molecule has 0 aliphatic heterocycles. The minimum Gasteiger partial charge on any atom is -0.302 e. The van der Waals surface area contributed by atoms with E-state index in [0.29, 0.717) is 10.7 Å². The van der Waals surface area contributed by atoms with Gasteiger partial charge in [-0.05, 0) is 17.7 Å². The summed E-state index contributed by atoms with van der Waals surface area (Å²) in [5, 5.41) is 3.15. The molecule has 6 heteroatoms. The summed E-state index contributed by atoms with van der Waals surface area (Å²) in [6.45, 7) is 1.44. The van der Waals surface area contributed by atoms with Gasteiger partial charge in [0.25, 0.3) is 0 Å². The number of hydrogen-bond donors (Lipinski definition) is 1. The summed E-state index contributed by atoms with van der Waals surface area (Å²) in [7, 11) is 5.51. The highest BCUT2D eigenvalue weighted by molar-refractivity contribution is 7.22. The van der Waals surface area contributed by atoms with Gasteiger partial charge in [0.15, 0.2) is 5.13 Å². The van der Waals surface area contributed by atoms with E-state index in [-0.39, 0.29) is 5.91 Å². The molecular weight excluding hydrogens is 197 g/mol. The summed E-state index contributed by atoms with van der Waals surface area (Å²) in [6.07, 6.45) is 0. The van der Waals surface area contributed by atoms with Crippen molar-refractivity contribution in [2.75, 3.05) is 5.32 Å². The van der Waals surface area contributed by atoms with Crippen molar-refractivity contribution in [3.8, 4) is 0 Å². The normalized spacial score (nSPS) is 10.4. The van der Waals surface area contributed by atoms with Crippen LogP contribution in [0.2, 0.25) is 0 Å². The molecule has 0 bridgehead atoms. The van der Waals surface area contributed by atoms with Crippen molar-refractivity contribution in [2.24, 2.45) is 0 Å². The fourth-order valence-electron chi connectivity index (χ4n) is 1.04. The molecule has 2 radical (unpaired) electrons. The molecule has 0 aromatic carbocycles. The fraction of sp³-hybridized carbons (Fsp3) is 0.125. The first kappa shape index (κ1) is 9.14. The minimum absolute atomic E-state index is 0.142. The summed E-state index contributed by atoms with van der Waals surface area (Å²) in [4.78, 5) is 19.7. The number of nitrogens with zero attached hydrogens (tertiary/aromatic N) is 2. The molecule has 14 heavy (non-hydrogen) atoms. The number of fused-ring (bicyclic) bond motifs is 1. The second kappa shape index (κ2) is 3.38. The Balaban J connectivity index is 2.46. The number of nitrogens with one attached hydrogen (secondary N) is 1. The summed E-state index contributed by atoms with van der Waals surface area (Å²) in [5.74, 6) is -0.142. The second-order valence-corrected chi connectivity index (χ2v) is 3.74. The molecule has 4 nitrogen and oxygen atoms in total. The van der Waals surface area contributed by atoms with Crippen LogP contribution in [-0.2, 0) is 4.79 Å². The van der Waals surface area contributed by atoms with Crippen LogP contribution in [0.5, 0.6) is 0 Å². The summed E-state index contributed by atoms with van der Waals surface area (Å²) in [6, 6.07) is 3.46. The van der Waals surface area contributed by atoms with E-state index in [4.69, 9.17) is 7.85 Å². The van der Waals surface area contributed by atoms with Crippen molar-refractivity contribution in [1.29, 1.82) is 0 Å². The maximum atomic E-state index is 10.8. The molecule has 0 spiro atoms. The lowest BCUT2D eigenvalue weighted by Crippen LogP contribution is -2.05. The number of thiazole rings is 1. The molecule has 2 aromatic heterocycles. The van der Waals surface area contributed by atoms with Gasteiger partial charge in [-0.1, -0.05) is 11.3 Å². The predicted molar refractivity (Wildman–Crippen MR) is 57.1 cm³/mol. The molecular formula is C8H6BN3OS. The van der Waals surface area contributed by atoms with E-state index in [1.54, 1.807) is 12.1 Å². The molecule has 0 aliphatic carbocycles. The molecule has 1 amide bonds. The van der Waals surface area contributed by atoms with Crippen molar-refractivity contribution in [3.63, 3.8) is 0 Å². The zero-order chi connectivity index (χ0) is 10.1. The Morgan fingerprint density at radius 3 is 3.00 bits per heavy atom. The lowest BCUT2D eigenvalue weighted by Gasteiger charge is -1.91. The van der Waals surface area contributed by atoms with Crippen LogP contribution in [0.1, 0.15) is 6.92 Å². The zero-order valence-electron chi connectivity index (χ0n) is 7.44. The largest absolute Gasteiger partial charge is 0.302 e. The molecule has 0 fully saturated rings. The average molecular weight is 203 g/mol. The van der Waals surface area contributed by atoms with E-state index >= 15 is 0 Å². The van der Waals surface area contributed by atoms with Gasteiger partial charge in [-0.15, -0.1) is 0 Å². The Kier molecular flexibility index (Phi) is 2.21. The molecule has 2 rings (SSSR count). The first-order valence-electron chi connectivity index (χ1n) is 3.96. The Hall–Kier alpha value is -1.43. The van der Waals surface area contributed by atoms with Crippen LogP contribution in [0, 0.1) is 0 Å². The van der Waals surface area contributed by atoms with E-state index in [1.165, 1.54) is 18.3 Å². The van der Waals surface area contributed by atoms with Gasteiger partial charge in [0.05, 0.1) is 0 Å². The molecule has 68 valence electrons. The van der Waals surface area contributed by atoms with Crippen LogP contribution in [0.3, 0.4) is 0 Å². The third kappa shape index (κ3) is 1.74. The van der Waals surface area contributed by atoms with Crippen molar-refractivity contribution < 1.29 is 4.79 Å². The van der Waals surface area contributed by atoms with E-state index in [1.807, 2.05) is 0 Å². The second-order valence-electron chi connectivity index (χ2n) is 2.76. The molecule has 1 N–H and O–H groups in total. The Bertz CT molecular complexity index is 496. The maximum absolute atomic E-state index is 10.8. The van der Waals surface area contributed by atoms with Crippen molar-refractivity contribution in [1.82, 2.24) is 9.97 Å². The van der Waals surface area contributed by atoms with E-state index in [0.717, 1.165) is 10.3 Å². The molecule has 0 aliphatic rings. The number of rotatable bonds is 1.